The Morgan fingerprint density at radius 1 is 1.57 bits per heavy atom. The van der Waals surface area contributed by atoms with Gasteiger partial charge in [-0.15, -0.1) is 23.5 Å². The van der Waals surface area contributed by atoms with Crippen LogP contribution in [-0.4, -0.2) is 34.4 Å². The highest BCUT2D eigenvalue weighted by Gasteiger charge is 2.30. The van der Waals surface area contributed by atoms with Crippen LogP contribution in [0, 0.1) is 0 Å². The number of hydrogen-bond acceptors (Lipinski definition) is 5. The van der Waals surface area contributed by atoms with Crippen molar-refractivity contribution in [3.63, 3.8) is 0 Å². The van der Waals surface area contributed by atoms with Gasteiger partial charge in [0.05, 0.1) is 4.75 Å². The van der Waals surface area contributed by atoms with E-state index in [1.165, 1.54) is 7.05 Å². The largest absolute Gasteiger partial charge is 0.433 e. The molecule has 4 nitrogen and oxygen atoms in total. The first-order valence-corrected chi connectivity index (χ1v) is 6.27. The maximum absolute atomic E-state index is 10.8. The number of thioether (sulfide) groups is 2. The lowest BCUT2D eigenvalue weighted by molar-refractivity contribution is 0.153. The molecule has 0 spiro atoms. The molecule has 1 rings (SSSR count). The van der Waals surface area contributed by atoms with Crippen LogP contribution < -0.4 is 5.32 Å². The molecule has 0 aromatic carbocycles. The summed E-state index contributed by atoms with van der Waals surface area (Å²) in [4.78, 5) is 15.5. The van der Waals surface area contributed by atoms with Gasteiger partial charge in [-0.25, -0.2) is 4.79 Å². The van der Waals surface area contributed by atoms with Crippen LogP contribution in [0.3, 0.4) is 0 Å². The summed E-state index contributed by atoms with van der Waals surface area (Å²) in [6.45, 7) is 4.16. The van der Waals surface area contributed by atoms with Gasteiger partial charge in [0.2, 0.25) is 0 Å². The highest BCUT2D eigenvalue weighted by atomic mass is 32.2. The van der Waals surface area contributed by atoms with Gasteiger partial charge in [-0.05, 0) is 13.8 Å². The molecule has 1 N–H and O–H groups in total. The molecule has 1 amide bonds. The lowest BCUT2D eigenvalue weighted by atomic mass is 10.2. The van der Waals surface area contributed by atoms with Crippen molar-refractivity contribution in [3.05, 3.63) is 0 Å². The topological polar surface area (TPSA) is 50.7 Å². The maximum atomic E-state index is 10.8. The summed E-state index contributed by atoms with van der Waals surface area (Å²) in [5, 5.41) is 7.07. The number of carbonyl (C=O) groups excluding carboxylic acids is 1. The minimum atomic E-state index is -0.524. The Balaban J connectivity index is 2.60. The molecule has 6 heteroatoms. The van der Waals surface area contributed by atoms with Gasteiger partial charge >= 0.3 is 6.09 Å². The Hall–Kier alpha value is -0.360. The van der Waals surface area contributed by atoms with Crippen LogP contribution in [0.1, 0.15) is 13.8 Å². The molecule has 0 radical (unpaired) electrons. The second-order valence-corrected chi connectivity index (χ2v) is 6.03. The minimum absolute atomic E-state index is 0.0447. The first-order valence-electron chi connectivity index (χ1n) is 4.30. The summed E-state index contributed by atoms with van der Waals surface area (Å²) < 4.78 is -0.0447. The standard InChI is InChI=1S/C8H14N2O2S2/c1-8(2)6(13-4-5-14-8)10-12-7(11)9-3/h4-5H2,1-3H3,(H,9,11)/b10-6+. The zero-order chi connectivity index (χ0) is 10.6. The van der Waals surface area contributed by atoms with Crippen LogP contribution >= 0.6 is 23.5 Å². The molecular weight excluding hydrogens is 220 g/mol. The van der Waals surface area contributed by atoms with Crippen LogP contribution in [-0.2, 0) is 4.84 Å². The molecule has 0 bridgehead atoms. The van der Waals surface area contributed by atoms with Crippen LogP contribution in [0.25, 0.3) is 0 Å². The number of oxime groups is 1. The fraction of sp³-hybridized carbons (Fsp3) is 0.750. The van der Waals surface area contributed by atoms with E-state index in [9.17, 15) is 4.79 Å². The molecule has 1 aliphatic heterocycles. The van der Waals surface area contributed by atoms with Crippen molar-refractivity contribution in [2.75, 3.05) is 18.6 Å². The van der Waals surface area contributed by atoms with Crippen LogP contribution in [0.5, 0.6) is 0 Å². The molecule has 1 heterocycles. The summed E-state index contributed by atoms with van der Waals surface area (Å²) in [5.41, 5.74) is 0. The molecule has 0 aliphatic carbocycles. The van der Waals surface area contributed by atoms with Crippen molar-refractivity contribution in [2.45, 2.75) is 18.6 Å². The first kappa shape index (κ1) is 11.7. The fourth-order valence-electron chi connectivity index (χ4n) is 0.936. The third-order valence-corrected chi connectivity index (χ3v) is 4.69. The Morgan fingerprint density at radius 2 is 2.29 bits per heavy atom. The molecule has 0 atom stereocenters. The van der Waals surface area contributed by atoms with E-state index < -0.39 is 6.09 Å². The Bertz CT molecular complexity index is 254. The third kappa shape index (κ3) is 3.09. The monoisotopic (exact) mass is 234 g/mol. The molecule has 0 aromatic heterocycles. The van der Waals surface area contributed by atoms with Gasteiger partial charge in [-0.3, -0.25) is 4.84 Å². The number of amides is 1. The maximum Gasteiger partial charge on any atom is 0.433 e. The summed E-state index contributed by atoms with van der Waals surface area (Å²) in [6, 6.07) is 0. The molecule has 1 aliphatic rings. The lowest BCUT2D eigenvalue weighted by Gasteiger charge is -2.28. The van der Waals surface area contributed by atoms with Crippen molar-refractivity contribution in [1.29, 1.82) is 0 Å². The second-order valence-electron chi connectivity index (χ2n) is 3.23. The van der Waals surface area contributed by atoms with Gasteiger partial charge < -0.3 is 5.32 Å². The highest BCUT2D eigenvalue weighted by molar-refractivity contribution is 8.18. The Kier molecular flexibility index (Phi) is 4.12. The van der Waals surface area contributed by atoms with E-state index >= 15 is 0 Å². The molecule has 1 fully saturated rings. The number of rotatable bonds is 1. The van der Waals surface area contributed by atoms with Crippen molar-refractivity contribution in [1.82, 2.24) is 5.32 Å². The van der Waals surface area contributed by atoms with E-state index in [0.29, 0.717) is 0 Å². The van der Waals surface area contributed by atoms with Crippen molar-refractivity contribution in [2.24, 2.45) is 5.16 Å². The van der Waals surface area contributed by atoms with E-state index in [0.717, 1.165) is 16.5 Å². The fourth-order valence-corrected chi connectivity index (χ4v) is 3.26. The number of nitrogens with one attached hydrogen (secondary N) is 1. The molecule has 0 aromatic rings. The molecule has 14 heavy (non-hydrogen) atoms. The highest BCUT2D eigenvalue weighted by Crippen LogP contribution is 2.36. The molecule has 0 saturated carbocycles. The Morgan fingerprint density at radius 3 is 2.86 bits per heavy atom. The third-order valence-electron chi connectivity index (χ3n) is 1.72. The predicted octanol–water partition coefficient (Wildman–Crippen LogP) is 1.91. The van der Waals surface area contributed by atoms with E-state index in [-0.39, 0.29) is 4.75 Å². The van der Waals surface area contributed by atoms with Gasteiger partial charge in [-0.2, -0.15) is 0 Å². The van der Waals surface area contributed by atoms with Gasteiger partial charge in [0.15, 0.2) is 0 Å². The molecule has 1 saturated heterocycles. The van der Waals surface area contributed by atoms with Crippen LogP contribution in [0.15, 0.2) is 5.16 Å². The predicted molar refractivity (Wildman–Crippen MR) is 62.0 cm³/mol. The van der Waals surface area contributed by atoms with E-state index in [4.69, 9.17) is 0 Å². The number of carbonyl (C=O) groups is 1. The van der Waals surface area contributed by atoms with Crippen LogP contribution in [0.4, 0.5) is 4.79 Å². The summed E-state index contributed by atoms with van der Waals surface area (Å²) in [5.74, 6) is 2.13. The molecule has 80 valence electrons. The van der Waals surface area contributed by atoms with Crippen molar-refractivity contribution >= 4 is 34.7 Å². The zero-order valence-corrected chi connectivity index (χ0v) is 10.1. The summed E-state index contributed by atoms with van der Waals surface area (Å²) in [7, 11) is 1.51. The molecular formula is C8H14N2O2S2. The van der Waals surface area contributed by atoms with Gasteiger partial charge in [0.1, 0.15) is 5.04 Å². The number of hydrogen-bond donors (Lipinski definition) is 1. The summed E-state index contributed by atoms with van der Waals surface area (Å²) >= 11 is 3.47. The molecule has 0 unspecified atom stereocenters. The second kappa shape index (κ2) is 4.93. The zero-order valence-electron chi connectivity index (χ0n) is 8.49. The van der Waals surface area contributed by atoms with E-state index in [2.05, 4.69) is 29.2 Å². The quantitative estimate of drug-likeness (QED) is 0.556. The van der Waals surface area contributed by atoms with Crippen LogP contribution in [0.2, 0.25) is 0 Å². The Labute approximate surface area is 92.2 Å². The SMILES string of the molecule is CNC(=O)O/N=C1/SCCSC1(C)C. The number of nitrogens with zero attached hydrogens (tertiary/aromatic N) is 1. The van der Waals surface area contributed by atoms with Gasteiger partial charge in [0, 0.05) is 18.6 Å². The minimum Gasteiger partial charge on any atom is -0.323 e. The first-order chi connectivity index (χ1) is 6.56. The summed E-state index contributed by atoms with van der Waals surface area (Å²) in [6.07, 6.45) is -0.524. The smallest absolute Gasteiger partial charge is 0.323 e. The lowest BCUT2D eigenvalue weighted by Crippen LogP contribution is -2.31. The van der Waals surface area contributed by atoms with E-state index in [1.807, 2.05) is 11.8 Å². The van der Waals surface area contributed by atoms with Crippen molar-refractivity contribution < 1.29 is 9.63 Å². The van der Waals surface area contributed by atoms with Gasteiger partial charge in [-0.1, -0.05) is 5.16 Å². The van der Waals surface area contributed by atoms with E-state index in [1.54, 1.807) is 11.8 Å². The average Bonchev–Trinajstić information content (AvgIpc) is 2.15. The normalized spacial score (nSPS) is 23.2. The van der Waals surface area contributed by atoms with Gasteiger partial charge in [0.25, 0.3) is 0 Å². The van der Waals surface area contributed by atoms with Crippen molar-refractivity contribution in [3.8, 4) is 0 Å². The average molecular weight is 234 g/mol.